The second-order valence-corrected chi connectivity index (χ2v) is 3.14. The van der Waals surface area contributed by atoms with E-state index >= 15 is 0 Å². The zero-order valence-corrected chi connectivity index (χ0v) is 7.65. The van der Waals surface area contributed by atoms with Gasteiger partial charge in [-0.05, 0) is 25.0 Å². The van der Waals surface area contributed by atoms with Gasteiger partial charge in [0.05, 0.1) is 6.04 Å². The molecule has 1 rings (SSSR count). The molecule has 11 heavy (non-hydrogen) atoms. The maximum absolute atomic E-state index is 5.72. The molecule has 1 N–H and O–H groups in total. The molecule has 62 valence electrons. The predicted octanol–water partition coefficient (Wildman–Crippen LogP) is 2.26. The van der Waals surface area contributed by atoms with Gasteiger partial charge in [0, 0.05) is 0 Å². The predicted molar refractivity (Wildman–Crippen MR) is 48.9 cm³/mol. The maximum atomic E-state index is 5.72. The molecule has 0 aromatic heterocycles. The standard InChI is InChI=1S/C8H13ClN2/c1-3-4-7-5-8(9)11-10-6(7)2/h5-6,10H,3-4H2,1-2H3. The first-order valence-corrected chi connectivity index (χ1v) is 4.31. The lowest BCUT2D eigenvalue weighted by Gasteiger charge is -2.18. The molecule has 1 heterocycles. The van der Waals surface area contributed by atoms with Gasteiger partial charge in [0.25, 0.3) is 0 Å². The van der Waals surface area contributed by atoms with Crippen LogP contribution in [0.25, 0.3) is 0 Å². The van der Waals surface area contributed by atoms with Crippen LogP contribution in [-0.4, -0.2) is 11.2 Å². The fourth-order valence-corrected chi connectivity index (χ4v) is 1.32. The SMILES string of the molecule is CCCC1=CC(Cl)=NNC1C. The van der Waals surface area contributed by atoms with Gasteiger partial charge in [-0.15, -0.1) is 0 Å². The molecule has 0 saturated heterocycles. The highest BCUT2D eigenvalue weighted by molar-refractivity contribution is 6.68. The van der Waals surface area contributed by atoms with Crippen molar-refractivity contribution < 1.29 is 0 Å². The van der Waals surface area contributed by atoms with Gasteiger partial charge >= 0.3 is 0 Å². The Morgan fingerprint density at radius 2 is 2.45 bits per heavy atom. The summed E-state index contributed by atoms with van der Waals surface area (Å²) in [5.74, 6) is 0. The molecule has 0 radical (unpaired) electrons. The molecule has 0 saturated carbocycles. The Kier molecular flexibility index (Phi) is 2.94. The number of hydrogen-bond donors (Lipinski definition) is 1. The Morgan fingerprint density at radius 1 is 1.73 bits per heavy atom. The summed E-state index contributed by atoms with van der Waals surface area (Å²) in [5, 5.41) is 4.46. The summed E-state index contributed by atoms with van der Waals surface area (Å²) < 4.78 is 0. The average molecular weight is 173 g/mol. The average Bonchev–Trinajstić information content (AvgIpc) is 1.98. The number of allylic oxidation sites excluding steroid dienone is 1. The molecular formula is C8H13ClN2. The zero-order chi connectivity index (χ0) is 8.27. The summed E-state index contributed by atoms with van der Waals surface area (Å²) in [4.78, 5) is 0. The fourth-order valence-electron chi connectivity index (χ4n) is 1.13. The van der Waals surface area contributed by atoms with E-state index in [2.05, 4.69) is 24.4 Å². The van der Waals surface area contributed by atoms with Crippen molar-refractivity contribution in [2.75, 3.05) is 0 Å². The van der Waals surface area contributed by atoms with Crippen molar-refractivity contribution in [1.29, 1.82) is 0 Å². The number of hydrogen-bond acceptors (Lipinski definition) is 2. The molecular weight excluding hydrogens is 160 g/mol. The van der Waals surface area contributed by atoms with Gasteiger partial charge in [-0.1, -0.05) is 24.9 Å². The molecule has 0 spiro atoms. The number of rotatable bonds is 2. The van der Waals surface area contributed by atoms with E-state index in [4.69, 9.17) is 11.6 Å². The minimum atomic E-state index is 0.345. The molecule has 0 bridgehead atoms. The monoisotopic (exact) mass is 172 g/mol. The van der Waals surface area contributed by atoms with Crippen molar-refractivity contribution >= 4 is 16.8 Å². The van der Waals surface area contributed by atoms with E-state index in [0.29, 0.717) is 11.2 Å². The van der Waals surface area contributed by atoms with E-state index < -0.39 is 0 Å². The van der Waals surface area contributed by atoms with Crippen molar-refractivity contribution in [2.24, 2.45) is 5.10 Å². The molecule has 3 heteroatoms. The summed E-state index contributed by atoms with van der Waals surface area (Å²) in [6, 6.07) is 0.345. The Morgan fingerprint density at radius 3 is 3.09 bits per heavy atom. The van der Waals surface area contributed by atoms with Crippen LogP contribution in [-0.2, 0) is 0 Å². The highest BCUT2D eigenvalue weighted by Crippen LogP contribution is 2.14. The van der Waals surface area contributed by atoms with E-state index in [1.807, 2.05) is 6.08 Å². The second-order valence-electron chi connectivity index (χ2n) is 2.75. The molecule has 0 fully saturated rings. The summed E-state index contributed by atoms with van der Waals surface area (Å²) in [5.41, 5.74) is 4.29. The van der Waals surface area contributed by atoms with E-state index in [9.17, 15) is 0 Å². The highest BCUT2D eigenvalue weighted by Gasteiger charge is 2.11. The Labute approximate surface area is 72.3 Å². The largest absolute Gasteiger partial charge is 0.302 e. The van der Waals surface area contributed by atoms with Crippen LogP contribution in [0, 0.1) is 0 Å². The van der Waals surface area contributed by atoms with Crippen molar-refractivity contribution in [1.82, 2.24) is 5.43 Å². The molecule has 2 nitrogen and oxygen atoms in total. The first-order chi connectivity index (χ1) is 5.24. The summed E-state index contributed by atoms with van der Waals surface area (Å²) in [6.07, 6.45) is 4.20. The van der Waals surface area contributed by atoms with Gasteiger partial charge in [0.1, 0.15) is 5.17 Å². The number of nitrogens with one attached hydrogen (secondary N) is 1. The summed E-state index contributed by atoms with van der Waals surface area (Å²) >= 11 is 5.72. The summed E-state index contributed by atoms with van der Waals surface area (Å²) in [7, 11) is 0. The van der Waals surface area contributed by atoms with Crippen LogP contribution in [0.2, 0.25) is 0 Å². The Hall–Kier alpha value is -0.500. The maximum Gasteiger partial charge on any atom is 0.148 e. The highest BCUT2D eigenvalue weighted by atomic mass is 35.5. The first kappa shape index (κ1) is 8.60. The van der Waals surface area contributed by atoms with Crippen LogP contribution in [0.1, 0.15) is 26.7 Å². The third-order valence-corrected chi connectivity index (χ3v) is 1.96. The third-order valence-electron chi connectivity index (χ3n) is 1.76. The lowest BCUT2D eigenvalue weighted by Crippen LogP contribution is -2.27. The van der Waals surface area contributed by atoms with Gasteiger partial charge < -0.3 is 5.43 Å². The minimum absolute atomic E-state index is 0.345. The molecule has 1 unspecified atom stereocenters. The van der Waals surface area contributed by atoms with Gasteiger partial charge in [0.2, 0.25) is 0 Å². The lowest BCUT2D eigenvalue weighted by atomic mass is 10.0. The fraction of sp³-hybridized carbons (Fsp3) is 0.625. The molecule has 1 aliphatic heterocycles. The van der Waals surface area contributed by atoms with Crippen LogP contribution in [0.3, 0.4) is 0 Å². The van der Waals surface area contributed by atoms with Crippen molar-refractivity contribution in [3.8, 4) is 0 Å². The van der Waals surface area contributed by atoms with E-state index in [1.54, 1.807) is 0 Å². The second kappa shape index (κ2) is 3.77. The summed E-state index contributed by atoms with van der Waals surface area (Å²) in [6.45, 7) is 4.25. The number of hydrazone groups is 1. The lowest BCUT2D eigenvalue weighted by molar-refractivity contribution is 0.609. The first-order valence-electron chi connectivity index (χ1n) is 3.93. The van der Waals surface area contributed by atoms with Gasteiger partial charge in [-0.3, -0.25) is 0 Å². The number of halogens is 1. The quantitative estimate of drug-likeness (QED) is 0.679. The minimum Gasteiger partial charge on any atom is -0.302 e. The van der Waals surface area contributed by atoms with Crippen LogP contribution in [0.4, 0.5) is 0 Å². The van der Waals surface area contributed by atoms with E-state index in [1.165, 1.54) is 5.57 Å². The zero-order valence-electron chi connectivity index (χ0n) is 6.89. The molecule has 0 aromatic carbocycles. The molecule has 1 atom stereocenters. The van der Waals surface area contributed by atoms with Crippen molar-refractivity contribution in [3.63, 3.8) is 0 Å². The molecule has 0 amide bonds. The molecule has 0 aromatic rings. The van der Waals surface area contributed by atoms with Crippen LogP contribution in [0.5, 0.6) is 0 Å². The normalized spacial score (nSPS) is 23.7. The van der Waals surface area contributed by atoms with Crippen molar-refractivity contribution in [2.45, 2.75) is 32.7 Å². The Balaban J connectivity index is 2.64. The van der Waals surface area contributed by atoms with Crippen LogP contribution >= 0.6 is 11.6 Å². The third kappa shape index (κ3) is 2.22. The van der Waals surface area contributed by atoms with Crippen LogP contribution < -0.4 is 5.43 Å². The number of nitrogens with zero attached hydrogens (tertiary/aromatic N) is 1. The van der Waals surface area contributed by atoms with Gasteiger partial charge in [-0.2, -0.15) is 5.10 Å². The Bertz CT molecular complexity index is 196. The van der Waals surface area contributed by atoms with Crippen LogP contribution in [0.15, 0.2) is 16.8 Å². The van der Waals surface area contributed by atoms with Gasteiger partial charge in [-0.25, -0.2) is 0 Å². The van der Waals surface area contributed by atoms with Crippen molar-refractivity contribution in [3.05, 3.63) is 11.6 Å². The van der Waals surface area contributed by atoms with Gasteiger partial charge in [0.15, 0.2) is 0 Å². The molecule has 1 aliphatic rings. The topological polar surface area (TPSA) is 24.4 Å². The van der Waals surface area contributed by atoms with E-state index in [-0.39, 0.29) is 0 Å². The van der Waals surface area contributed by atoms with E-state index in [0.717, 1.165) is 12.8 Å². The molecule has 0 aliphatic carbocycles. The smallest absolute Gasteiger partial charge is 0.148 e.